The van der Waals surface area contributed by atoms with Crippen molar-refractivity contribution < 1.29 is 0 Å². The molecule has 1 saturated carbocycles. The molecule has 2 aliphatic rings. The van der Waals surface area contributed by atoms with Gasteiger partial charge in [-0.25, -0.2) is 4.98 Å². The zero-order valence-corrected chi connectivity index (χ0v) is 20.3. The highest BCUT2D eigenvalue weighted by Crippen LogP contribution is 2.26. The minimum Gasteiger partial charge on any atom is -0.357 e. The Balaban J connectivity index is 0.00000261. The van der Waals surface area contributed by atoms with Gasteiger partial charge in [0.05, 0.1) is 0 Å². The Morgan fingerprint density at radius 1 is 1.30 bits per heavy atom. The summed E-state index contributed by atoms with van der Waals surface area (Å²) in [6.07, 6.45) is 11.1. The number of nitrogens with zero attached hydrogens (tertiary/aromatic N) is 3. The molecule has 1 aromatic rings. The summed E-state index contributed by atoms with van der Waals surface area (Å²) in [5, 5.41) is 9.11. The lowest BCUT2D eigenvalue weighted by atomic mass is 10.0. The first-order valence-corrected chi connectivity index (χ1v) is 12.0. The van der Waals surface area contributed by atoms with Gasteiger partial charge in [-0.1, -0.05) is 24.6 Å². The number of thioether (sulfide) groups is 1. The summed E-state index contributed by atoms with van der Waals surface area (Å²) in [6, 6.07) is 1.43. The number of guanidine groups is 1. The van der Waals surface area contributed by atoms with Crippen molar-refractivity contribution in [1.82, 2.24) is 20.5 Å². The standard InChI is InChI=1S/C19H33N5S2.HI/c1-2-20-18(21-10-5-14-25-19-22-11-15-26-19)23-16-8-12-24(13-9-16)17-6-3-4-7-17;/h11,15-17H,2-10,12-14H2,1H3,(H2,20,21,23);1H. The number of aliphatic imine (C=N–C) groups is 1. The molecule has 0 radical (unpaired) electrons. The third-order valence-electron chi connectivity index (χ3n) is 5.26. The number of halogens is 1. The van der Waals surface area contributed by atoms with E-state index in [1.165, 1.54) is 51.6 Å². The highest BCUT2D eigenvalue weighted by atomic mass is 127. The molecule has 154 valence electrons. The molecule has 1 saturated heterocycles. The van der Waals surface area contributed by atoms with Crippen LogP contribution in [0.1, 0.15) is 51.9 Å². The van der Waals surface area contributed by atoms with Crippen LogP contribution < -0.4 is 10.6 Å². The van der Waals surface area contributed by atoms with Gasteiger partial charge in [-0.2, -0.15) is 0 Å². The fourth-order valence-corrected chi connectivity index (χ4v) is 5.52. The molecule has 2 N–H and O–H groups in total. The zero-order chi connectivity index (χ0) is 18.0. The average Bonchev–Trinajstić information content (AvgIpc) is 3.36. The second-order valence-electron chi connectivity index (χ2n) is 7.15. The Labute approximate surface area is 189 Å². The van der Waals surface area contributed by atoms with E-state index in [0.29, 0.717) is 6.04 Å². The largest absolute Gasteiger partial charge is 0.357 e. The van der Waals surface area contributed by atoms with Crippen LogP contribution in [0.5, 0.6) is 0 Å². The maximum Gasteiger partial charge on any atom is 0.191 e. The molecule has 5 nitrogen and oxygen atoms in total. The maximum absolute atomic E-state index is 4.77. The normalized spacial score (nSPS) is 19.8. The van der Waals surface area contributed by atoms with E-state index in [1.54, 1.807) is 11.3 Å². The van der Waals surface area contributed by atoms with Gasteiger partial charge < -0.3 is 15.5 Å². The molecule has 0 amide bonds. The van der Waals surface area contributed by atoms with Gasteiger partial charge in [0.2, 0.25) is 0 Å². The van der Waals surface area contributed by atoms with Crippen LogP contribution in [-0.4, -0.2) is 59.9 Å². The van der Waals surface area contributed by atoms with Crippen molar-refractivity contribution in [3.05, 3.63) is 11.6 Å². The molecule has 1 aliphatic heterocycles. The summed E-state index contributed by atoms with van der Waals surface area (Å²) in [4.78, 5) is 11.8. The van der Waals surface area contributed by atoms with Crippen LogP contribution in [0.15, 0.2) is 20.9 Å². The highest BCUT2D eigenvalue weighted by molar-refractivity contribution is 14.0. The van der Waals surface area contributed by atoms with Crippen LogP contribution in [0.2, 0.25) is 0 Å². The summed E-state index contributed by atoms with van der Waals surface area (Å²) < 4.78 is 1.16. The molecule has 2 fully saturated rings. The van der Waals surface area contributed by atoms with Gasteiger partial charge in [0.25, 0.3) is 0 Å². The molecule has 0 aromatic carbocycles. The van der Waals surface area contributed by atoms with E-state index < -0.39 is 0 Å². The van der Waals surface area contributed by atoms with Crippen molar-refractivity contribution >= 4 is 53.0 Å². The zero-order valence-electron chi connectivity index (χ0n) is 16.4. The van der Waals surface area contributed by atoms with Crippen molar-refractivity contribution in [1.29, 1.82) is 0 Å². The molecule has 27 heavy (non-hydrogen) atoms. The second kappa shape index (κ2) is 13.2. The van der Waals surface area contributed by atoms with Crippen molar-refractivity contribution in [3.63, 3.8) is 0 Å². The quantitative estimate of drug-likeness (QED) is 0.176. The number of piperidine rings is 1. The predicted octanol–water partition coefficient (Wildman–Crippen LogP) is 4.21. The lowest BCUT2D eigenvalue weighted by Gasteiger charge is -2.36. The van der Waals surface area contributed by atoms with Gasteiger partial charge in [0, 0.05) is 55.6 Å². The fourth-order valence-electron chi connectivity index (χ4n) is 3.89. The van der Waals surface area contributed by atoms with E-state index in [1.807, 2.05) is 23.3 Å². The number of aromatic nitrogens is 1. The molecule has 2 heterocycles. The van der Waals surface area contributed by atoms with E-state index in [2.05, 4.69) is 27.4 Å². The molecule has 0 atom stereocenters. The van der Waals surface area contributed by atoms with Crippen molar-refractivity contribution in [2.45, 2.75) is 68.3 Å². The number of thiazole rings is 1. The molecule has 3 rings (SSSR count). The van der Waals surface area contributed by atoms with Gasteiger partial charge in [-0.05, 0) is 39.0 Å². The predicted molar refractivity (Wildman–Crippen MR) is 129 cm³/mol. The Bertz CT molecular complexity index is 526. The molecule has 0 bridgehead atoms. The smallest absolute Gasteiger partial charge is 0.191 e. The van der Waals surface area contributed by atoms with E-state index in [0.717, 1.165) is 41.6 Å². The average molecular weight is 524 g/mol. The topological polar surface area (TPSA) is 52.6 Å². The van der Waals surface area contributed by atoms with Gasteiger partial charge >= 0.3 is 0 Å². The highest BCUT2D eigenvalue weighted by Gasteiger charge is 2.27. The third kappa shape index (κ3) is 8.06. The molecule has 0 spiro atoms. The van der Waals surface area contributed by atoms with E-state index in [-0.39, 0.29) is 24.0 Å². The molecular weight excluding hydrogens is 489 g/mol. The van der Waals surface area contributed by atoms with Crippen LogP contribution in [-0.2, 0) is 0 Å². The van der Waals surface area contributed by atoms with Gasteiger partial charge in [0.1, 0.15) is 4.34 Å². The van der Waals surface area contributed by atoms with E-state index >= 15 is 0 Å². The van der Waals surface area contributed by atoms with Crippen molar-refractivity contribution in [2.75, 3.05) is 31.9 Å². The van der Waals surface area contributed by atoms with Crippen LogP contribution >= 0.6 is 47.1 Å². The molecular formula is C19H34IN5S2. The first kappa shape index (κ1) is 23.2. The summed E-state index contributed by atoms with van der Waals surface area (Å²) in [5.74, 6) is 2.07. The summed E-state index contributed by atoms with van der Waals surface area (Å²) >= 11 is 3.55. The van der Waals surface area contributed by atoms with E-state index in [4.69, 9.17) is 4.99 Å². The molecule has 8 heteroatoms. The number of likely N-dealkylation sites (tertiary alicyclic amines) is 1. The first-order valence-electron chi connectivity index (χ1n) is 10.2. The third-order valence-corrected chi connectivity index (χ3v) is 7.32. The van der Waals surface area contributed by atoms with Gasteiger partial charge in [0.15, 0.2) is 5.96 Å². The fraction of sp³-hybridized carbons (Fsp3) is 0.789. The molecule has 1 aliphatic carbocycles. The van der Waals surface area contributed by atoms with Gasteiger partial charge in [-0.3, -0.25) is 4.99 Å². The number of nitrogens with one attached hydrogen (secondary N) is 2. The second-order valence-corrected chi connectivity index (χ2v) is 9.39. The van der Waals surface area contributed by atoms with Crippen molar-refractivity contribution in [3.8, 4) is 0 Å². The van der Waals surface area contributed by atoms with Crippen LogP contribution in [0, 0.1) is 0 Å². The van der Waals surface area contributed by atoms with Crippen LogP contribution in [0.4, 0.5) is 0 Å². The Morgan fingerprint density at radius 3 is 2.74 bits per heavy atom. The van der Waals surface area contributed by atoms with Crippen LogP contribution in [0.25, 0.3) is 0 Å². The van der Waals surface area contributed by atoms with Crippen molar-refractivity contribution in [2.24, 2.45) is 4.99 Å². The minimum absolute atomic E-state index is 0. The Morgan fingerprint density at radius 2 is 2.07 bits per heavy atom. The summed E-state index contributed by atoms with van der Waals surface area (Å²) in [7, 11) is 0. The number of hydrogen-bond donors (Lipinski definition) is 2. The summed E-state index contributed by atoms with van der Waals surface area (Å²) in [6.45, 7) is 6.41. The number of hydrogen-bond acceptors (Lipinski definition) is 5. The maximum atomic E-state index is 4.77. The SMILES string of the molecule is CCNC(=NCCCSc1nccs1)NC1CCN(C2CCCC2)CC1.I. The van der Waals surface area contributed by atoms with E-state index in [9.17, 15) is 0 Å². The Kier molecular flexibility index (Phi) is 11.4. The monoisotopic (exact) mass is 523 g/mol. The van der Waals surface area contributed by atoms with Gasteiger partial charge in [-0.15, -0.1) is 35.3 Å². The lowest BCUT2D eigenvalue weighted by molar-refractivity contribution is 0.150. The first-order chi connectivity index (χ1) is 12.8. The molecule has 1 aromatic heterocycles. The Hall–Kier alpha value is -0.0600. The van der Waals surface area contributed by atoms with Crippen LogP contribution in [0.3, 0.4) is 0 Å². The minimum atomic E-state index is 0. The lowest BCUT2D eigenvalue weighted by Crippen LogP contribution is -2.50. The number of rotatable bonds is 8. The molecule has 0 unspecified atom stereocenters. The summed E-state index contributed by atoms with van der Waals surface area (Å²) in [5.41, 5.74) is 0.